The second-order valence-electron chi connectivity index (χ2n) is 8.10. The van der Waals surface area contributed by atoms with Crippen molar-refractivity contribution in [3.8, 4) is 0 Å². The van der Waals surface area contributed by atoms with Crippen LogP contribution in [0.15, 0.2) is 78.9 Å². The SMILES string of the molecule is CC(c1ccc(Cl)cc1)C(CNC(=O)C1CC1c1ccccc1)c1ccc(Cl)cc1. The monoisotopic (exact) mass is 437 g/mol. The molecule has 0 aromatic heterocycles. The van der Waals surface area contributed by atoms with Crippen molar-refractivity contribution in [1.29, 1.82) is 0 Å². The van der Waals surface area contributed by atoms with E-state index in [0.29, 0.717) is 17.5 Å². The highest BCUT2D eigenvalue weighted by Gasteiger charge is 2.43. The van der Waals surface area contributed by atoms with Gasteiger partial charge in [0.1, 0.15) is 0 Å². The molecule has 0 radical (unpaired) electrons. The van der Waals surface area contributed by atoms with Crippen LogP contribution in [-0.4, -0.2) is 12.5 Å². The molecular formula is C26H25Cl2NO. The number of hydrogen-bond acceptors (Lipinski definition) is 1. The van der Waals surface area contributed by atoms with Crippen LogP contribution >= 0.6 is 23.2 Å². The lowest BCUT2D eigenvalue weighted by Gasteiger charge is -2.26. The Bertz CT molecular complexity index is 986. The first kappa shape index (κ1) is 21.0. The number of halogens is 2. The van der Waals surface area contributed by atoms with Gasteiger partial charge < -0.3 is 5.32 Å². The van der Waals surface area contributed by atoms with Crippen LogP contribution in [0.3, 0.4) is 0 Å². The second-order valence-corrected chi connectivity index (χ2v) is 8.98. The summed E-state index contributed by atoms with van der Waals surface area (Å²) in [7, 11) is 0. The Balaban J connectivity index is 1.47. The van der Waals surface area contributed by atoms with Gasteiger partial charge in [0.25, 0.3) is 0 Å². The smallest absolute Gasteiger partial charge is 0.223 e. The van der Waals surface area contributed by atoms with E-state index in [-0.39, 0.29) is 23.7 Å². The first-order valence-corrected chi connectivity index (χ1v) is 11.1. The number of carbonyl (C=O) groups excluding carboxylic acids is 1. The Morgan fingerprint density at radius 3 is 2.07 bits per heavy atom. The average Bonchev–Trinajstić information content (AvgIpc) is 3.57. The third-order valence-electron chi connectivity index (χ3n) is 6.15. The van der Waals surface area contributed by atoms with Crippen molar-refractivity contribution in [2.75, 3.05) is 6.54 Å². The summed E-state index contributed by atoms with van der Waals surface area (Å²) in [5.74, 6) is 0.915. The van der Waals surface area contributed by atoms with Crippen LogP contribution < -0.4 is 5.32 Å². The van der Waals surface area contributed by atoms with Crippen LogP contribution in [0.25, 0.3) is 0 Å². The highest BCUT2D eigenvalue weighted by atomic mass is 35.5. The molecule has 4 heteroatoms. The number of hydrogen-bond donors (Lipinski definition) is 1. The van der Waals surface area contributed by atoms with E-state index in [9.17, 15) is 4.79 Å². The number of carbonyl (C=O) groups is 1. The zero-order valence-corrected chi connectivity index (χ0v) is 18.4. The molecule has 0 aliphatic heterocycles. The minimum Gasteiger partial charge on any atom is -0.355 e. The van der Waals surface area contributed by atoms with E-state index in [1.54, 1.807) is 0 Å². The molecule has 1 fully saturated rings. The fourth-order valence-electron chi connectivity index (χ4n) is 4.19. The lowest BCUT2D eigenvalue weighted by molar-refractivity contribution is -0.122. The Kier molecular flexibility index (Phi) is 6.46. The van der Waals surface area contributed by atoms with Gasteiger partial charge in [-0.05, 0) is 59.2 Å². The van der Waals surface area contributed by atoms with Crippen molar-refractivity contribution in [2.24, 2.45) is 5.92 Å². The Hall–Kier alpha value is -2.29. The van der Waals surface area contributed by atoms with Gasteiger partial charge in [-0.15, -0.1) is 0 Å². The van der Waals surface area contributed by atoms with Crippen LogP contribution in [0.2, 0.25) is 10.0 Å². The van der Waals surface area contributed by atoms with Crippen LogP contribution in [-0.2, 0) is 4.79 Å². The molecule has 2 nitrogen and oxygen atoms in total. The van der Waals surface area contributed by atoms with Crippen LogP contribution in [0.4, 0.5) is 0 Å². The number of rotatable bonds is 7. The number of nitrogens with one attached hydrogen (secondary N) is 1. The Morgan fingerprint density at radius 2 is 1.47 bits per heavy atom. The van der Waals surface area contributed by atoms with Gasteiger partial charge in [0, 0.05) is 28.4 Å². The maximum atomic E-state index is 12.8. The molecule has 3 aromatic rings. The predicted octanol–water partition coefficient (Wildman–Crippen LogP) is 6.80. The van der Waals surface area contributed by atoms with E-state index < -0.39 is 0 Å². The van der Waals surface area contributed by atoms with Gasteiger partial charge >= 0.3 is 0 Å². The van der Waals surface area contributed by atoms with E-state index in [2.05, 4.69) is 48.6 Å². The summed E-state index contributed by atoms with van der Waals surface area (Å²) in [6.45, 7) is 2.78. The van der Waals surface area contributed by atoms with E-state index in [4.69, 9.17) is 23.2 Å². The van der Waals surface area contributed by atoms with Crippen molar-refractivity contribution in [2.45, 2.75) is 31.1 Å². The van der Waals surface area contributed by atoms with Gasteiger partial charge in [-0.1, -0.05) is 84.7 Å². The maximum absolute atomic E-state index is 12.8. The minimum atomic E-state index is 0.0732. The molecule has 0 spiro atoms. The Labute approximate surface area is 188 Å². The molecular weight excluding hydrogens is 413 g/mol. The van der Waals surface area contributed by atoms with E-state index >= 15 is 0 Å². The molecule has 1 aliphatic rings. The molecule has 154 valence electrons. The molecule has 4 atom stereocenters. The van der Waals surface area contributed by atoms with E-state index in [1.807, 2.05) is 42.5 Å². The standard InChI is InChI=1S/C26H25Cl2NO/c1-17(18-7-11-21(27)12-8-18)25(20-9-13-22(28)14-10-20)16-29-26(30)24-15-23(24)19-5-3-2-4-6-19/h2-14,17,23-25H,15-16H2,1H3,(H,29,30). The summed E-state index contributed by atoms with van der Waals surface area (Å²) in [4.78, 5) is 12.8. The third-order valence-corrected chi connectivity index (χ3v) is 6.65. The molecule has 0 bridgehead atoms. The minimum absolute atomic E-state index is 0.0732. The van der Waals surface area contributed by atoms with Gasteiger partial charge in [0.15, 0.2) is 0 Å². The predicted molar refractivity (Wildman–Crippen MR) is 124 cm³/mol. The van der Waals surface area contributed by atoms with Gasteiger partial charge in [-0.2, -0.15) is 0 Å². The Morgan fingerprint density at radius 1 is 0.900 bits per heavy atom. The van der Waals surface area contributed by atoms with Gasteiger partial charge in [-0.25, -0.2) is 0 Å². The molecule has 0 saturated heterocycles. The van der Waals surface area contributed by atoms with Crippen LogP contribution in [0, 0.1) is 5.92 Å². The fraction of sp³-hybridized carbons (Fsp3) is 0.269. The van der Waals surface area contributed by atoms with Gasteiger partial charge in [0.05, 0.1) is 0 Å². The molecule has 30 heavy (non-hydrogen) atoms. The number of amides is 1. The molecule has 1 saturated carbocycles. The lowest BCUT2D eigenvalue weighted by atomic mass is 9.82. The zero-order valence-electron chi connectivity index (χ0n) is 16.9. The summed E-state index contributed by atoms with van der Waals surface area (Å²) in [5, 5.41) is 4.66. The normalized spacial score (nSPS) is 19.7. The lowest BCUT2D eigenvalue weighted by Crippen LogP contribution is -2.31. The second kappa shape index (κ2) is 9.24. The van der Waals surface area contributed by atoms with E-state index in [0.717, 1.165) is 17.0 Å². The molecule has 4 rings (SSSR count). The molecule has 1 amide bonds. The first-order valence-electron chi connectivity index (χ1n) is 10.4. The van der Waals surface area contributed by atoms with Crippen LogP contribution in [0.1, 0.15) is 47.8 Å². The van der Waals surface area contributed by atoms with Crippen molar-refractivity contribution >= 4 is 29.1 Å². The van der Waals surface area contributed by atoms with Gasteiger partial charge in [0.2, 0.25) is 5.91 Å². The van der Waals surface area contributed by atoms with Crippen LogP contribution in [0.5, 0.6) is 0 Å². The van der Waals surface area contributed by atoms with Crippen molar-refractivity contribution in [1.82, 2.24) is 5.32 Å². The summed E-state index contributed by atoms with van der Waals surface area (Å²) < 4.78 is 0. The summed E-state index contributed by atoms with van der Waals surface area (Å²) in [5.41, 5.74) is 3.61. The molecule has 1 N–H and O–H groups in total. The summed E-state index contributed by atoms with van der Waals surface area (Å²) in [6, 6.07) is 26.2. The topological polar surface area (TPSA) is 29.1 Å². The van der Waals surface area contributed by atoms with Crippen molar-refractivity contribution in [3.05, 3.63) is 106 Å². The molecule has 0 heterocycles. The third kappa shape index (κ3) is 4.88. The first-order chi connectivity index (χ1) is 14.5. The average molecular weight is 438 g/mol. The molecule has 4 unspecified atom stereocenters. The molecule has 3 aromatic carbocycles. The summed E-state index contributed by atoms with van der Waals surface area (Å²) >= 11 is 12.2. The van der Waals surface area contributed by atoms with Crippen molar-refractivity contribution < 1.29 is 4.79 Å². The van der Waals surface area contributed by atoms with E-state index in [1.165, 1.54) is 11.1 Å². The van der Waals surface area contributed by atoms with Crippen molar-refractivity contribution in [3.63, 3.8) is 0 Å². The number of benzene rings is 3. The highest BCUT2D eigenvalue weighted by molar-refractivity contribution is 6.30. The molecule has 1 aliphatic carbocycles. The zero-order chi connectivity index (χ0) is 21.1. The largest absolute Gasteiger partial charge is 0.355 e. The summed E-state index contributed by atoms with van der Waals surface area (Å²) in [6.07, 6.45) is 0.925. The quantitative estimate of drug-likeness (QED) is 0.432. The fourth-order valence-corrected chi connectivity index (χ4v) is 4.44. The van der Waals surface area contributed by atoms with Gasteiger partial charge in [-0.3, -0.25) is 4.79 Å². The maximum Gasteiger partial charge on any atom is 0.223 e. The highest BCUT2D eigenvalue weighted by Crippen LogP contribution is 2.47.